The molecule has 3 rings (SSSR count). The molecule has 11 heteroatoms. The fourth-order valence-electron chi connectivity index (χ4n) is 3.14. The van der Waals surface area contributed by atoms with Crippen LogP contribution in [0.4, 0.5) is 5.00 Å². The molecule has 1 N–H and O–H groups in total. The number of allylic oxidation sites excluding steroid dienone is 1. The number of hydrogen-bond donors (Lipinski definition) is 1. The lowest BCUT2D eigenvalue weighted by atomic mass is 10.1. The highest BCUT2D eigenvalue weighted by atomic mass is 32.2. The van der Waals surface area contributed by atoms with E-state index in [9.17, 15) is 14.4 Å². The predicted molar refractivity (Wildman–Crippen MR) is 133 cm³/mol. The normalized spacial score (nSPS) is 10.6. The van der Waals surface area contributed by atoms with E-state index < -0.39 is 5.97 Å². The van der Waals surface area contributed by atoms with Gasteiger partial charge in [-0.2, -0.15) is 0 Å². The van der Waals surface area contributed by atoms with E-state index in [1.165, 1.54) is 23.8 Å². The maximum Gasteiger partial charge on any atom is 0.341 e. The molecule has 0 spiro atoms. The van der Waals surface area contributed by atoms with Gasteiger partial charge in [0.05, 0.1) is 23.3 Å². The summed E-state index contributed by atoms with van der Waals surface area (Å²) >= 11 is 2.26. The number of aromatic nitrogens is 3. The summed E-state index contributed by atoms with van der Waals surface area (Å²) in [5, 5.41) is 12.1. The number of nitrogens with zero attached hydrogens (tertiary/aromatic N) is 4. The zero-order chi connectivity index (χ0) is 24.8. The van der Waals surface area contributed by atoms with Gasteiger partial charge in [0.25, 0.3) is 5.91 Å². The van der Waals surface area contributed by atoms with Gasteiger partial charge in [0, 0.05) is 26.2 Å². The van der Waals surface area contributed by atoms with Crippen LogP contribution in [0.5, 0.6) is 0 Å². The van der Waals surface area contributed by atoms with Crippen molar-refractivity contribution in [2.75, 3.05) is 32.3 Å². The molecule has 0 bridgehead atoms. The number of nitrogens with one attached hydrogen (secondary N) is 1. The summed E-state index contributed by atoms with van der Waals surface area (Å²) in [6.45, 7) is 5.94. The molecule has 0 fully saturated rings. The number of esters is 1. The van der Waals surface area contributed by atoms with Crippen molar-refractivity contribution in [3.63, 3.8) is 0 Å². The summed E-state index contributed by atoms with van der Waals surface area (Å²) < 4.78 is 6.74. The third-order valence-electron chi connectivity index (χ3n) is 4.78. The maximum absolute atomic E-state index is 12.8. The Morgan fingerprint density at radius 3 is 2.56 bits per heavy atom. The van der Waals surface area contributed by atoms with Crippen molar-refractivity contribution < 1.29 is 19.1 Å². The van der Waals surface area contributed by atoms with Crippen LogP contribution in [0.25, 0.3) is 11.4 Å². The molecule has 0 atom stereocenters. The Bertz CT molecular complexity index is 1220. The Kier molecular flexibility index (Phi) is 8.24. The number of anilines is 1. The number of carbonyl (C=O) groups excluding carboxylic acids is 3. The summed E-state index contributed by atoms with van der Waals surface area (Å²) in [6, 6.07) is 9.62. The standard InChI is InChI=1S/C23H25N5O4S2/c1-6-12-28-19(15-10-8-7-9-11-15)25-26-23(28)33-13-16(29)24-20-17(22(31)32-5)14(2)18(34-20)21(30)27(3)4/h6-11H,1,12-13H2,2-5H3,(H,24,29). The Hall–Kier alpha value is -3.44. The zero-order valence-electron chi connectivity index (χ0n) is 19.3. The minimum atomic E-state index is -0.618. The van der Waals surface area contributed by atoms with Crippen LogP contribution in [0, 0.1) is 6.92 Å². The minimum Gasteiger partial charge on any atom is -0.465 e. The van der Waals surface area contributed by atoms with Crippen molar-refractivity contribution in [2.45, 2.75) is 18.6 Å². The van der Waals surface area contributed by atoms with E-state index in [2.05, 4.69) is 22.1 Å². The fourth-order valence-corrected chi connectivity index (χ4v) is 5.12. The van der Waals surface area contributed by atoms with E-state index in [4.69, 9.17) is 4.74 Å². The minimum absolute atomic E-state index is 0.0264. The Morgan fingerprint density at radius 1 is 1.24 bits per heavy atom. The van der Waals surface area contributed by atoms with Gasteiger partial charge in [0.2, 0.25) is 5.91 Å². The van der Waals surface area contributed by atoms with Gasteiger partial charge in [0.15, 0.2) is 11.0 Å². The average Bonchev–Trinajstić information content (AvgIpc) is 3.37. The van der Waals surface area contributed by atoms with E-state index in [0.29, 0.717) is 28.0 Å². The summed E-state index contributed by atoms with van der Waals surface area (Å²) in [5.41, 5.74) is 1.55. The van der Waals surface area contributed by atoms with Gasteiger partial charge < -0.3 is 15.0 Å². The number of thiophene rings is 1. The van der Waals surface area contributed by atoms with Crippen molar-refractivity contribution in [2.24, 2.45) is 0 Å². The highest BCUT2D eigenvalue weighted by Crippen LogP contribution is 2.34. The lowest BCUT2D eigenvalue weighted by Crippen LogP contribution is -2.21. The molecule has 2 amide bonds. The van der Waals surface area contributed by atoms with Gasteiger partial charge in [-0.1, -0.05) is 48.2 Å². The molecule has 2 heterocycles. The van der Waals surface area contributed by atoms with E-state index in [1.807, 2.05) is 34.9 Å². The van der Waals surface area contributed by atoms with Gasteiger partial charge in [-0.15, -0.1) is 28.1 Å². The topological polar surface area (TPSA) is 106 Å². The average molecular weight is 500 g/mol. The largest absolute Gasteiger partial charge is 0.465 e. The zero-order valence-corrected chi connectivity index (χ0v) is 21.0. The van der Waals surface area contributed by atoms with E-state index in [1.54, 1.807) is 27.1 Å². The SMILES string of the molecule is C=CCn1c(SCC(=O)Nc2sc(C(=O)N(C)C)c(C)c2C(=O)OC)nnc1-c1ccccc1. The molecule has 0 aliphatic rings. The molecule has 178 valence electrons. The number of hydrogen-bond acceptors (Lipinski definition) is 8. The number of amides is 2. The molecular weight excluding hydrogens is 474 g/mol. The van der Waals surface area contributed by atoms with E-state index >= 15 is 0 Å². The van der Waals surface area contributed by atoms with Crippen molar-refractivity contribution in [3.8, 4) is 11.4 Å². The van der Waals surface area contributed by atoms with Crippen LogP contribution in [0.3, 0.4) is 0 Å². The molecule has 0 unspecified atom stereocenters. The first-order chi connectivity index (χ1) is 16.3. The second-order valence-electron chi connectivity index (χ2n) is 7.36. The summed E-state index contributed by atoms with van der Waals surface area (Å²) in [5.74, 6) is -0.522. The summed E-state index contributed by atoms with van der Waals surface area (Å²) in [7, 11) is 4.50. The summed E-state index contributed by atoms with van der Waals surface area (Å²) in [4.78, 5) is 39.4. The van der Waals surface area contributed by atoms with Crippen LogP contribution in [0.1, 0.15) is 25.6 Å². The van der Waals surface area contributed by atoms with Gasteiger partial charge in [0.1, 0.15) is 5.00 Å². The van der Waals surface area contributed by atoms with Crippen molar-refractivity contribution in [1.29, 1.82) is 0 Å². The monoisotopic (exact) mass is 499 g/mol. The molecular formula is C23H25N5O4S2. The van der Waals surface area contributed by atoms with Crippen LogP contribution in [0.2, 0.25) is 0 Å². The van der Waals surface area contributed by atoms with Gasteiger partial charge in [-0.05, 0) is 12.5 Å². The van der Waals surface area contributed by atoms with Gasteiger partial charge in [-0.25, -0.2) is 4.79 Å². The maximum atomic E-state index is 12.8. The molecule has 2 aromatic heterocycles. The number of carbonyl (C=O) groups is 3. The molecule has 9 nitrogen and oxygen atoms in total. The molecule has 0 aliphatic heterocycles. The Morgan fingerprint density at radius 2 is 1.94 bits per heavy atom. The van der Waals surface area contributed by atoms with Gasteiger partial charge >= 0.3 is 5.97 Å². The van der Waals surface area contributed by atoms with Crippen LogP contribution < -0.4 is 5.32 Å². The van der Waals surface area contributed by atoms with E-state index in [0.717, 1.165) is 16.9 Å². The molecule has 1 aromatic carbocycles. The quantitative estimate of drug-likeness (QED) is 0.272. The van der Waals surface area contributed by atoms with E-state index in [-0.39, 0.29) is 28.1 Å². The van der Waals surface area contributed by atoms with Crippen molar-refractivity contribution in [1.82, 2.24) is 19.7 Å². The second kappa shape index (κ2) is 11.1. The predicted octanol–water partition coefficient (Wildman–Crippen LogP) is 3.72. The first-order valence-electron chi connectivity index (χ1n) is 10.2. The Labute approximate surface area is 205 Å². The van der Waals surface area contributed by atoms with Gasteiger partial charge in [-0.3, -0.25) is 14.2 Å². The number of thioether (sulfide) groups is 1. The van der Waals surface area contributed by atoms with Crippen LogP contribution >= 0.6 is 23.1 Å². The third kappa shape index (κ3) is 5.37. The van der Waals surface area contributed by atoms with Crippen LogP contribution in [0.15, 0.2) is 48.1 Å². The smallest absolute Gasteiger partial charge is 0.341 e. The lowest BCUT2D eigenvalue weighted by Gasteiger charge is -2.08. The fraction of sp³-hybridized carbons (Fsp3) is 0.261. The second-order valence-corrected chi connectivity index (χ2v) is 9.32. The summed E-state index contributed by atoms with van der Waals surface area (Å²) in [6.07, 6.45) is 1.74. The number of ether oxygens (including phenoxy) is 1. The molecule has 0 aliphatic carbocycles. The highest BCUT2D eigenvalue weighted by molar-refractivity contribution is 7.99. The van der Waals surface area contributed by atoms with Crippen LogP contribution in [-0.2, 0) is 16.1 Å². The number of rotatable bonds is 9. The lowest BCUT2D eigenvalue weighted by molar-refractivity contribution is -0.113. The molecule has 0 radical (unpaired) electrons. The Balaban J connectivity index is 1.80. The number of methoxy groups -OCH3 is 1. The van der Waals surface area contributed by atoms with Crippen molar-refractivity contribution in [3.05, 3.63) is 59.0 Å². The number of benzene rings is 1. The molecule has 0 saturated heterocycles. The highest BCUT2D eigenvalue weighted by Gasteiger charge is 2.27. The molecule has 0 saturated carbocycles. The first kappa shape index (κ1) is 25.2. The van der Waals surface area contributed by atoms with Crippen LogP contribution in [-0.4, -0.2) is 64.4 Å². The third-order valence-corrected chi connectivity index (χ3v) is 6.94. The first-order valence-corrected chi connectivity index (χ1v) is 12.0. The molecule has 34 heavy (non-hydrogen) atoms. The van der Waals surface area contributed by atoms with Crippen molar-refractivity contribution >= 4 is 45.9 Å². The molecule has 3 aromatic rings.